The fraction of sp³-hybridized carbons (Fsp3) is 0.500. The van der Waals surface area contributed by atoms with Crippen molar-refractivity contribution in [1.82, 2.24) is 9.78 Å². The first kappa shape index (κ1) is 11.2. The van der Waals surface area contributed by atoms with E-state index in [2.05, 4.69) is 11.2 Å². The van der Waals surface area contributed by atoms with Crippen LogP contribution in [-0.4, -0.2) is 20.9 Å². The van der Waals surface area contributed by atoms with Gasteiger partial charge in [-0.05, 0) is 26.3 Å². The minimum atomic E-state index is -1.03. The van der Waals surface area contributed by atoms with Crippen molar-refractivity contribution in [3.63, 3.8) is 0 Å². The zero-order chi connectivity index (χ0) is 11.5. The quantitative estimate of drug-likeness (QED) is 0.811. The van der Waals surface area contributed by atoms with Crippen LogP contribution >= 0.6 is 0 Å². The standard InChI is InChI=1S/C10H13N3O2/c1-10(2,7-11)4-6-13-5-3-8(12-13)9(14)15/h3,5H,4,6H2,1-2H3,(H,14,15). The molecule has 0 fully saturated rings. The van der Waals surface area contributed by atoms with Gasteiger partial charge in [-0.1, -0.05) is 0 Å². The van der Waals surface area contributed by atoms with Gasteiger partial charge in [-0.3, -0.25) is 4.68 Å². The average molecular weight is 207 g/mol. The molecule has 5 nitrogen and oxygen atoms in total. The van der Waals surface area contributed by atoms with Gasteiger partial charge >= 0.3 is 5.97 Å². The molecular formula is C10H13N3O2. The highest BCUT2D eigenvalue weighted by Crippen LogP contribution is 2.19. The number of rotatable bonds is 4. The molecule has 0 radical (unpaired) electrons. The summed E-state index contributed by atoms with van der Waals surface area (Å²) in [6.45, 7) is 4.23. The molecule has 0 unspecified atom stereocenters. The molecule has 1 aromatic heterocycles. The lowest BCUT2D eigenvalue weighted by Gasteiger charge is -2.14. The Kier molecular flexibility index (Phi) is 3.10. The van der Waals surface area contributed by atoms with Crippen molar-refractivity contribution >= 4 is 5.97 Å². The lowest BCUT2D eigenvalue weighted by Crippen LogP contribution is -2.13. The van der Waals surface area contributed by atoms with E-state index < -0.39 is 11.4 Å². The topological polar surface area (TPSA) is 78.9 Å². The molecular weight excluding hydrogens is 194 g/mol. The smallest absolute Gasteiger partial charge is 0.356 e. The van der Waals surface area contributed by atoms with Crippen molar-refractivity contribution in [3.8, 4) is 6.07 Å². The van der Waals surface area contributed by atoms with Gasteiger partial charge in [0, 0.05) is 12.7 Å². The van der Waals surface area contributed by atoms with Crippen molar-refractivity contribution in [2.75, 3.05) is 0 Å². The van der Waals surface area contributed by atoms with Gasteiger partial charge in [0.25, 0.3) is 0 Å². The number of aryl methyl sites for hydroxylation is 1. The summed E-state index contributed by atoms with van der Waals surface area (Å²) >= 11 is 0. The Balaban J connectivity index is 2.60. The highest BCUT2D eigenvalue weighted by Gasteiger charge is 2.16. The molecule has 0 spiro atoms. The van der Waals surface area contributed by atoms with Crippen LogP contribution in [-0.2, 0) is 6.54 Å². The van der Waals surface area contributed by atoms with E-state index in [4.69, 9.17) is 10.4 Å². The summed E-state index contributed by atoms with van der Waals surface area (Å²) in [5.41, 5.74) is -0.375. The molecule has 1 heterocycles. The summed E-state index contributed by atoms with van der Waals surface area (Å²) in [7, 11) is 0. The van der Waals surface area contributed by atoms with E-state index >= 15 is 0 Å². The highest BCUT2D eigenvalue weighted by molar-refractivity contribution is 5.84. The monoisotopic (exact) mass is 207 g/mol. The molecule has 0 aliphatic rings. The van der Waals surface area contributed by atoms with Crippen molar-refractivity contribution in [2.24, 2.45) is 5.41 Å². The Hall–Kier alpha value is -1.83. The van der Waals surface area contributed by atoms with E-state index in [1.807, 2.05) is 13.8 Å². The highest BCUT2D eigenvalue weighted by atomic mass is 16.4. The minimum Gasteiger partial charge on any atom is -0.476 e. The maximum atomic E-state index is 10.5. The molecule has 0 saturated carbocycles. The molecule has 1 rings (SSSR count). The molecule has 5 heteroatoms. The molecule has 0 saturated heterocycles. The first-order chi connectivity index (χ1) is 6.94. The number of carboxylic acid groups (broad SMARTS) is 1. The predicted octanol–water partition coefficient (Wildman–Crippen LogP) is 1.52. The zero-order valence-electron chi connectivity index (χ0n) is 8.77. The molecule has 0 aromatic carbocycles. The van der Waals surface area contributed by atoms with Gasteiger partial charge in [-0.2, -0.15) is 10.4 Å². The molecule has 80 valence electrons. The van der Waals surface area contributed by atoms with Gasteiger partial charge in [-0.25, -0.2) is 4.79 Å². The SMILES string of the molecule is CC(C)(C#N)CCn1ccc(C(=O)O)n1. The van der Waals surface area contributed by atoms with Gasteiger partial charge < -0.3 is 5.11 Å². The fourth-order valence-corrected chi connectivity index (χ4v) is 1.05. The zero-order valence-corrected chi connectivity index (χ0v) is 8.77. The second-order valence-electron chi connectivity index (χ2n) is 4.01. The van der Waals surface area contributed by atoms with E-state index in [1.165, 1.54) is 6.07 Å². The summed E-state index contributed by atoms with van der Waals surface area (Å²) < 4.78 is 1.54. The summed E-state index contributed by atoms with van der Waals surface area (Å²) in [5.74, 6) is -1.03. The first-order valence-electron chi connectivity index (χ1n) is 4.62. The number of nitriles is 1. The lowest BCUT2D eigenvalue weighted by atomic mass is 9.92. The largest absolute Gasteiger partial charge is 0.476 e. The lowest BCUT2D eigenvalue weighted by molar-refractivity contribution is 0.0689. The van der Waals surface area contributed by atoms with Gasteiger partial charge in [0.2, 0.25) is 0 Å². The summed E-state index contributed by atoms with van der Waals surface area (Å²) in [4.78, 5) is 10.5. The Morgan fingerprint density at radius 2 is 2.40 bits per heavy atom. The summed E-state index contributed by atoms with van der Waals surface area (Å²) in [5, 5.41) is 21.3. The third-order valence-corrected chi connectivity index (χ3v) is 2.13. The molecule has 0 aliphatic heterocycles. The molecule has 1 N–H and O–H groups in total. The maximum absolute atomic E-state index is 10.5. The second-order valence-corrected chi connectivity index (χ2v) is 4.01. The van der Waals surface area contributed by atoms with Gasteiger partial charge in [0.1, 0.15) is 0 Å². The molecule has 0 atom stereocenters. The Morgan fingerprint density at radius 3 is 2.87 bits per heavy atom. The number of aromatic carboxylic acids is 1. The van der Waals surface area contributed by atoms with Crippen LogP contribution in [0.1, 0.15) is 30.8 Å². The van der Waals surface area contributed by atoms with E-state index in [-0.39, 0.29) is 5.69 Å². The van der Waals surface area contributed by atoms with Crippen LogP contribution in [0, 0.1) is 16.7 Å². The average Bonchev–Trinajstić information content (AvgIpc) is 2.63. The number of carbonyl (C=O) groups is 1. The maximum Gasteiger partial charge on any atom is 0.356 e. The van der Waals surface area contributed by atoms with E-state index in [0.29, 0.717) is 13.0 Å². The van der Waals surface area contributed by atoms with Gasteiger partial charge in [0.15, 0.2) is 5.69 Å². The van der Waals surface area contributed by atoms with E-state index in [1.54, 1.807) is 10.9 Å². The Labute approximate surface area is 87.9 Å². The minimum absolute atomic E-state index is 0.0322. The Bertz CT molecular complexity index is 401. The van der Waals surface area contributed by atoms with E-state index in [9.17, 15) is 4.79 Å². The van der Waals surface area contributed by atoms with Crippen molar-refractivity contribution in [2.45, 2.75) is 26.8 Å². The predicted molar refractivity (Wildman–Crippen MR) is 53.2 cm³/mol. The van der Waals surface area contributed by atoms with Crippen LogP contribution < -0.4 is 0 Å². The van der Waals surface area contributed by atoms with Crippen LogP contribution in [0.2, 0.25) is 0 Å². The fourth-order valence-electron chi connectivity index (χ4n) is 1.05. The van der Waals surface area contributed by atoms with Crippen molar-refractivity contribution in [1.29, 1.82) is 5.26 Å². The van der Waals surface area contributed by atoms with Crippen LogP contribution in [0.4, 0.5) is 0 Å². The summed E-state index contributed by atoms with van der Waals surface area (Å²) in [6, 6.07) is 3.63. The first-order valence-corrected chi connectivity index (χ1v) is 4.62. The van der Waals surface area contributed by atoms with Crippen molar-refractivity contribution in [3.05, 3.63) is 18.0 Å². The third-order valence-electron chi connectivity index (χ3n) is 2.13. The number of hydrogen-bond acceptors (Lipinski definition) is 3. The number of nitrogens with zero attached hydrogens (tertiary/aromatic N) is 3. The molecule has 0 aliphatic carbocycles. The second kappa shape index (κ2) is 4.13. The molecule has 0 amide bonds. The van der Waals surface area contributed by atoms with Crippen LogP contribution in [0.25, 0.3) is 0 Å². The molecule has 1 aromatic rings. The number of hydrogen-bond donors (Lipinski definition) is 1. The third kappa shape index (κ3) is 3.09. The molecule has 0 bridgehead atoms. The molecule has 15 heavy (non-hydrogen) atoms. The normalized spacial score (nSPS) is 11.0. The van der Waals surface area contributed by atoms with Crippen LogP contribution in [0.3, 0.4) is 0 Å². The number of carboxylic acids is 1. The van der Waals surface area contributed by atoms with Crippen LogP contribution in [0.5, 0.6) is 0 Å². The Morgan fingerprint density at radius 1 is 1.73 bits per heavy atom. The van der Waals surface area contributed by atoms with E-state index in [0.717, 1.165) is 0 Å². The van der Waals surface area contributed by atoms with Crippen LogP contribution in [0.15, 0.2) is 12.3 Å². The summed E-state index contributed by atoms with van der Waals surface area (Å²) in [6.07, 6.45) is 2.25. The van der Waals surface area contributed by atoms with Gasteiger partial charge in [-0.15, -0.1) is 0 Å². The number of aromatic nitrogens is 2. The van der Waals surface area contributed by atoms with Crippen molar-refractivity contribution < 1.29 is 9.90 Å². The van der Waals surface area contributed by atoms with Gasteiger partial charge in [0.05, 0.1) is 11.5 Å².